The van der Waals surface area contributed by atoms with E-state index in [1.165, 1.54) is 0 Å². The van der Waals surface area contributed by atoms with E-state index in [1.807, 2.05) is 41.9 Å². The molecule has 0 saturated carbocycles. The average molecular weight is 448 g/mol. The van der Waals surface area contributed by atoms with Gasteiger partial charge in [0.1, 0.15) is 5.76 Å². The summed E-state index contributed by atoms with van der Waals surface area (Å²) in [5.74, 6) is 0.639. The van der Waals surface area contributed by atoms with Crippen LogP contribution >= 0.6 is 11.8 Å². The van der Waals surface area contributed by atoms with E-state index in [0.29, 0.717) is 18.4 Å². The second kappa shape index (κ2) is 9.18. The zero-order valence-corrected chi connectivity index (χ0v) is 18.8. The average Bonchev–Trinajstić information content (AvgIpc) is 3.21. The lowest BCUT2D eigenvalue weighted by Crippen LogP contribution is -2.27. The standard InChI is InChI=1S/C24H25N5O2S/c1-3-31-16(2)17-4-7-23-27-28-24(29(23)15-17)32-21-5-6-22-18(13-21)12-20(14-25-22)26-19-8-10-30-11-9-19/h4-7,12-15,19,26H,2-3,8-11H2,1H3. The molecule has 1 aliphatic heterocycles. The molecule has 1 fully saturated rings. The second-order valence-corrected chi connectivity index (χ2v) is 8.74. The maximum atomic E-state index is 5.55. The monoisotopic (exact) mass is 447 g/mol. The van der Waals surface area contributed by atoms with Gasteiger partial charge in [-0.3, -0.25) is 9.38 Å². The summed E-state index contributed by atoms with van der Waals surface area (Å²) < 4.78 is 13.0. The maximum Gasteiger partial charge on any atom is 0.200 e. The Hall–Kier alpha value is -3.10. The first kappa shape index (κ1) is 20.8. The van der Waals surface area contributed by atoms with Crippen molar-refractivity contribution in [2.75, 3.05) is 25.1 Å². The van der Waals surface area contributed by atoms with Gasteiger partial charge in [-0.2, -0.15) is 0 Å². The second-order valence-electron chi connectivity index (χ2n) is 7.70. The van der Waals surface area contributed by atoms with E-state index < -0.39 is 0 Å². The molecule has 0 amide bonds. The van der Waals surface area contributed by atoms with Crippen molar-refractivity contribution < 1.29 is 9.47 Å². The van der Waals surface area contributed by atoms with E-state index in [1.54, 1.807) is 11.8 Å². The lowest BCUT2D eigenvalue weighted by Gasteiger charge is -2.24. The molecule has 4 aromatic rings. The number of nitrogens with zero attached hydrogens (tertiary/aromatic N) is 4. The molecule has 1 N–H and O–H groups in total. The predicted octanol–water partition coefficient (Wildman–Crippen LogP) is 5.03. The molecule has 4 heterocycles. The zero-order valence-electron chi connectivity index (χ0n) is 18.0. The SMILES string of the molecule is C=C(OCC)c1ccc2nnc(Sc3ccc4ncc(NC5CCOCC5)cc4c3)n2c1. The van der Waals surface area contributed by atoms with E-state index in [9.17, 15) is 0 Å². The zero-order chi connectivity index (χ0) is 21.9. The van der Waals surface area contributed by atoms with Crippen LogP contribution in [0.15, 0.2) is 65.4 Å². The van der Waals surface area contributed by atoms with Crippen molar-refractivity contribution in [3.05, 3.63) is 60.9 Å². The molecule has 5 rings (SSSR count). The molecule has 7 nitrogen and oxygen atoms in total. The molecule has 8 heteroatoms. The Kier molecular flexibility index (Phi) is 5.96. The number of hydrogen-bond acceptors (Lipinski definition) is 7. The number of anilines is 1. The third-order valence-corrected chi connectivity index (χ3v) is 6.42. The molecule has 0 aliphatic carbocycles. The summed E-state index contributed by atoms with van der Waals surface area (Å²) in [6.45, 7) is 8.15. The first-order valence-electron chi connectivity index (χ1n) is 10.8. The smallest absolute Gasteiger partial charge is 0.200 e. The van der Waals surface area contributed by atoms with Crippen molar-refractivity contribution in [1.82, 2.24) is 19.6 Å². The Morgan fingerprint density at radius 2 is 2.09 bits per heavy atom. The normalized spacial score (nSPS) is 14.7. The van der Waals surface area contributed by atoms with Gasteiger partial charge in [0.25, 0.3) is 0 Å². The van der Waals surface area contributed by atoms with E-state index >= 15 is 0 Å². The van der Waals surface area contributed by atoms with Gasteiger partial charge in [0, 0.05) is 41.3 Å². The number of aromatic nitrogens is 4. The highest BCUT2D eigenvalue weighted by molar-refractivity contribution is 7.99. The van der Waals surface area contributed by atoms with E-state index in [2.05, 4.69) is 45.3 Å². The lowest BCUT2D eigenvalue weighted by atomic mass is 10.1. The quantitative estimate of drug-likeness (QED) is 0.399. The fraction of sp³-hybridized carbons (Fsp3) is 0.292. The van der Waals surface area contributed by atoms with Crippen LogP contribution in [0.5, 0.6) is 0 Å². The van der Waals surface area contributed by atoms with Crippen molar-refractivity contribution >= 4 is 39.8 Å². The van der Waals surface area contributed by atoms with Gasteiger partial charge in [-0.15, -0.1) is 10.2 Å². The van der Waals surface area contributed by atoms with Gasteiger partial charge in [0.05, 0.1) is 24.0 Å². The fourth-order valence-electron chi connectivity index (χ4n) is 3.80. The highest BCUT2D eigenvalue weighted by Gasteiger charge is 2.14. The first-order chi connectivity index (χ1) is 15.7. The topological polar surface area (TPSA) is 73.6 Å². The molecule has 0 spiro atoms. The number of fused-ring (bicyclic) bond motifs is 2. The van der Waals surface area contributed by atoms with Gasteiger partial charge in [-0.25, -0.2) is 0 Å². The summed E-state index contributed by atoms with van der Waals surface area (Å²) >= 11 is 1.57. The van der Waals surface area contributed by atoms with E-state index in [-0.39, 0.29) is 0 Å². The van der Waals surface area contributed by atoms with E-state index in [4.69, 9.17) is 9.47 Å². The summed E-state index contributed by atoms with van der Waals surface area (Å²) in [7, 11) is 0. The minimum atomic E-state index is 0.434. The number of nitrogens with one attached hydrogen (secondary N) is 1. The molecule has 0 unspecified atom stereocenters. The van der Waals surface area contributed by atoms with Crippen LogP contribution in [0.1, 0.15) is 25.3 Å². The largest absolute Gasteiger partial charge is 0.494 e. The summed E-state index contributed by atoms with van der Waals surface area (Å²) in [6.07, 6.45) is 5.91. The van der Waals surface area contributed by atoms with Crippen molar-refractivity contribution in [1.29, 1.82) is 0 Å². The van der Waals surface area contributed by atoms with Gasteiger partial charge >= 0.3 is 0 Å². The molecule has 164 valence electrons. The first-order valence-corrected chi connectivity index (χ1v) is 11.6. The maximum absolute atomic E-state index is 5.55. The summed E-state index contributed by atoms with van der Waals surface area (Å²) in [4.78, 5) is 5.70. The summed E-state index contributed by atoms with van der Waals surface area (Å²) in [6, 6.07) is 12.7. The number of hydrogen-bond donors (Lipinski definition) is 1. The third-order valence-electron chi connectivity index (χ3n) is 5.47. The van der Waals surface area contributed by atoms with Gasteiger partial charge in [0.2, 0.25) is 0 Å². The molecule has 3 aromatic heterocycles. The van der Waals surface area contributed by atoms with Crippen LogP contribution < -0.4 is 5.32 Å². The van der Waals surface area contributed by atoms with Gasteiger partial charge < -0.3 is 14.8 Å². The van der Waals surface area contributed by atoms with Gasteiger partial charge in [-0.1, -0.05) is 6.58 Å². The molecule has 32 heavy (non-hydrogen) atoms. The van der Waals surface area contributed by atoms with Crippen LogP contribution in [-0.4, -0.2) is 45.4 Å². The van der Waals surface area contributed by atoms with Crippen molar-refractivity contribution in [3.8, 4) is 0 Å². The third kappa shape index (κ3) is 4.42. The Balaban J connectivity index is 1.40. The number of ether oxygens (including phenoxy) is 2. The minimum absolute atomic E-state index is 0.434. The fourth-order valence-corrected chi connectivity index (χ4v) is 4.66. The highest BCUT2D eigenvalue weighted by atomic mass is 32.2. The summed E-state index contributed by atoms with van der Waals surface area (Å²) in [5, 5.41) is 14.1. The Morgan fingerprint density at radius 1 is 1.22 bits per heavy atom. The molecular formula is C24H25N5O2S. The van der Waals surface area contributed by atoms with Crippen LogP contribution in [0, 0.1) is 0 Å². The molecule has 0 bridgehead atoms. The Morgan fingerprint density at radius 3 is 2.94 bits per heavy atom. The molecule has 0 radical (unpaired) electrons. The minimum Gasteiger partial charge on any atom is -0.494 e. The highest BCUT2D eigenvalue weighted by Crippen LogP contribution is 2.30. The Bertz CT molecular complexity index is 1270. The lowest BCUT2D eigenvalue weighted by molar-refractivity contribution is 0.0904. The molecule has 1 aliphatic rings. The van der Waals surface area contributed by atoms with Gasteiger partial charge in [0.15, 0.2) is 10.8 Å². The number of rotatable bonds is 7. The van der Waals surface area contributed by atoms with Crippen LogP contribution in [0.3, 0.4) is 0 Å². The van der Waals surface area contributed by atoms with Crippen LogP contribution in [0.2, 0.25) is 0 Å². The van der Waals surface area contributed by atoms with Crippen molar-refractivity contribution in [2.24, 2.45) is 0 Å². The van der Waals surface area contributed by atoms with E-state index in [0.717, 1.165) is 63.9 Å². The Labute approximate surface area is 190 Å². The van der Waals surface area contributed by atoms with Crippen molar-refractivity contribution in [2.45, 2.75) is 35.9 Å². The van der Waals surface area contributed by atoms with Crippen LogP contribution in [-0.2, 0) is 9.47 Å². The molecule has 1 saturated heterocycles. The van der Waals surface area contributed by atoms with Crippen LogP contribution in [0.25, 0.3) is 22.3 Å². The molecule has 1 aromatic carbocycles. The number of benzene rings is 1. The number of pyridine rings is 2. The summed E-state index contributed by atoms with van der Waals surface area (Å²) in [5.41, 5.74) is 3.70. The van der Waals surface area contributed by atoms with Gasteiger partial charge in [-0.05, 0) is 67.9 Å². The van der Waals surface area contributed by atoms with Crippen LogP contribution in [0.4, 0.5) is 5.69 Å². The molecule has 0 atom stereocenters. The predicted molar refractivity (Wildman–Crippen MR) is 127 cm³/mol. The van der Waals surface area contributed by atoms with Crippen molar-refractivity contribution in [3.63, 3.8) is 0 Å². The molecular weight excluding hydrogens is 422 g/mol.